The second-order valence-electron chi connectivity index (χ2n) is 8.91. The van der Waals surface area contributed by atoms with Crippen LogP contribution >= 0.6 is 0 Å². The van der Waals surface area contributed by atoms with Crippen LogP contribution in [0.15, 0.2) is 42.7 Å². The van der Waals surface area contributed by atoms with Crippen molar-refractivity contribution in [3.63, 3.8) is 0 Å². The Labute approximate surface area is 201 Å². The Bertz CT molecular complexity index is 1320. The first-order valence-corrected chi connectivity index (χ1v) is 11.8. The number of halogens is 2. The van der Waals surface area contributed by atoms with E-state index in [4.69, 9.17) is 4.74 Å². The number of benzene rings is 1. The van der Waals surface area contributed by atoms with Gasteiger partial charge in [0.2, 0.25) is 0 Å². The fraction of sp³-hybridized carbons (Fsp3) is 0.385. The normalized spacial score (nSPS) is 16.2. The van der Waals surface area contributed by atoms with E-state index in [1.165, 1.54) is 25.0 Å². The Hall–Kier alpha value is -3.30. The molecule has 0 amide bonds. The van der Waals surface area contributed by atoms with Crippen molar-refractivity contribution in [2.45, 2.75) is 51.2 Å². The van der Waals surface area contributed by atoms with Gasteiger partial charge in [-0.05, 0) is 56.9 Å². The monoisotopic (exact) mass is 479 g/mol. The molecular weight excluding hydrogens is 452 g/mol. The van der Waals surface area contributed by atoms with E-state index in [-0.39, 0.29) is 18.1 Å². The van der Waals surface area contributed by atoms with Crippen LogP contribution in [0.2, 0.25) is 0 Å². The number of aryl methyl sites for hydroxylation is 1. The fourth-order valence-electron chi connectivity index (χ4n) is 4.26. The number of ether oxygens (including phenoxy) is 1. The van der Waals surface area contributed by atoms with Crippen molar-refractivity contribution in [3.05, 3.63) is 71.4 Å². The van der Waals surface area contributed by atoms with Crippen molar-refractivity contribution in [2.75, 3.05) is 13.2 Å². The van der Waals surface area contributed by atoms with Crippen molar-refractivity contribution in [1.29, 1.82) is 0 Å². The molecule has 6 rings (SSSR count). The SMILES string of the molecule is Cc1nc2cc(C3CCOCC3)nc(-c3ccc(F)cc3F)c2nc1CO.c1cnn(C2CC2)c1. The zero-order chi connectivity index (χ0) is 24.4. The maximum absolute atomic E-state index is 14.5. The average molecular weight is 480 g/mol. The van der Waals surface area contributed by atoms with Gasteiger partial charge in [-0.1, -0.05) is 0 Å². The van der Waals surface area contributed by atoms with Gasteiger partial charge >= 0.3 is 0 Å². The molecule has 0 bridgehead atoms. The molecule has 7 nitrogen and oxygen atoms in total. The van der Waals surface area contributed by atoms with Crippen LogP contribution in [0.1, 0.15) is 54.7 Å². The van der Waals surface area contributed by atoms with Gasteiger partial charge in [0, 0.05) is 48.8 Å². The van der Waals surface area contributed by atoms with E-state index >= 15 is 0 Å². The van der Waals surface area contributed by atoms with Crippen LogP contribution in [0.25, 0.3) is 22.3 Å². The second-order valence-corrected chi connectivity index (χ2v) is 8.91. The van der Waals surface area contributed by atoms with E-state index < -0.39 is 11.6 Å². The van der Waals surface area contributed by atoms with Crippen LogP contribution in [0.4, 0.5) is 8.78 Å². The number of hydrogen-bond donors (Lipinski definition) is 1. The highest BCUT2D eigenvalue weighted by molar-refractivity contribution is 5.89. The molecule has 1 saturated heterocycles. The van der Waals surface area contributed by atoms with Crippen LogP contribution in [0, 0.1) is 18.6 Å². The van der Waals surface area contributed by atoms with Crippen LogP contribution < -0.4 is 0 Å². The second kappa shape index (κ2) is 10.1. The third-order valence-corrected chi connectivity index (χ3v) is 6.37. The molecule has 1 N–H and O–H groups in total. The van der Waals surface area contributed by atoms with Crippen molar-refractivity contribution in [2.24, 2.45) is 0 Å². The zero-order valence-electron chi connectivity index (χ0n) is 19.5. The van der Waals surface area contributed by atoms with Crippen molar-refractivity contribution < 1.29 is 18.6 Å². The van der Waals surface area contributed by atoms with Gasteiger partial charge in [0.25, 0.3) is 0 Å². The van der Waals surface area contributed by atoms with E-state index in [2.05, 4.69) is 20.1 Å². The minimum absolute atomic E-state index is 0.164. The summed E-state index contributed by atoms with van der Waals surface area (Å²) in [4.78, 5) is 13.7. The van der Waals surface area contributed by atoms with Crippen LogP contribution in [0.3, 0.4) is 0 Å². The third-order valence-electron chi connectivity index (χ3n) is 6.37. The average Bonchev–Trinajstić information content (AvgIpc) is 3.57. The minimum Gasteiger partial charge on any atom is -0.390 e. The lowest BCUT2D eigenvalue weighted by molar-refractivity contribution is 0.0845. The summed E-state index contributed by atoms with van der Waals surface area (Å²) in [6, 6.07) is 7.97. The Morgan fingerprint density at radius 2 is 1.86 bits per heavy atom. The molecule has 3 aromatic heterocycles. The van der Waals surface area contributed by atoms with Gasteiger partial charge < -0.3 is 9.84 Å². The molecule has 182 valence electrons. The smallest absolute Gasteiger partial charge is 0.135 e. The van der Waals surface area contributed by atoms with E-state index in [0.29, 0.717) is 41.3 Å². The maximum atomic E-state index is 14.5. The van der Waals surface area contributed by atoms with Gasteiger partial charge in [-0.15, -0.1) is 0 Å². The minimum atomic E-state index is -0.708. The van der Waals surface area contributed by atoms with E-state index in [1.807, 2.05) is 29.2 Å². The summed E-state index contributed by atoms with van der Waals surface area (Å²) in [6.45, 7) is 2.80. The molecular formula is C26H27F2N5O2. The van der Waals surface area contributed by atoms with E-state index in [1.54, 1.807) is 6.92 Å². The summed E-state index contributed by atoms with van der Waals surface area (Å²) >= 11 is 0. The number of aliphatic hydroxyl groups is 1. The predicted octanol–water partition coefficient (Wildman–Crippen LogP) is 4.88. The maximum Gasteiger partial charge on any atom is 0.135 e. The number of nitrogens with zero attached hydrogens (tertiary/aromatic N) is 5. The summed E-state index contributed by atoms with van der Waals surface area (Å²) in [5.41, 5.74) is 3.28. The number of fused-ring (bicyclic) bond motifs is 1. The molecule has 1 aliphatic carbocycles. The number of pyridine rings is 1. The molecule has 2 fully saturated rings. The highest BCUT2D eigenvalue weighted by atomic mass is 19.1. The molecule has 0 radical (unpaired) electrons. The molecule has 1 aromatic carbocycles. The number of aliphatic hydroxyl groups excluding tert-OH is 1. The van der Waals surface area contributed by atoms with E-state index in [0.717, 1.165) is 30.6 Å². The molecule has 35 heavy (non-hydrogen) atoms. The highest BCUT2D eigenvalue weighted by Crippen LogP contribution is 2.34. The molecule has 0 atom stereocenters. The van der Waals surface area contributed by atoms with Gasteiger partial charge in [0.15, 0.2) is 0 Å². The Balaban J connectivity index is 0.000000265. The Morgan fingerprint density at radius 3 is 2.51 bits per heavy atom. The first kappa shape index (κ1) is 23.4. The van der Waals surface area contributed by atoms with Gasteiger partial charge in [-0.2, -0.15) is 5.10 Å². The predicted molar refractivity (Wildman–Crippen MR) is 127 cm³/mol. The van der Waals surface area contributed by atoms with E-state index in [9.17, 15) is 13.9 Å². The van der Waals surface area contributed by atoms with Crippen LogP contribution in [-0.2, 0) is 11.3 Å². The lowest BCUT2D eigenvalue weighted by atomic mass is 9.95. The third kappa shape index (κ3) is 5.21. The summed E-state index contributed by atoms with van der Waals surface area (Å²) in [5.74, 6) is -1.18. The van der Waals surface area contributed by atoms with Gasteiger partial charge in [-0.25, -0.2) is 23.7 Å². The quantitative estimate of drug-likeness (QED) is 0.449. The molecule has 2 aliphatic rings. The Kier molecular flexibility index (Phi) is 6.79. The van der Waals surface area contributed by atoms with Crippen LogP contribution in [-0.4, -0.2) is 43.1 Å². The lowest BCUT2D eigenvalue weighted by Crippen LogP contribution is -2.16. The first-order valence-electron chi connectivity index (χ1n) is 11.8. The fourth-order valence-corrected chi connectivity index (χ4v) is 4.26. The standard InChI is InChI=1S/C20H19F2N3O2.C6H8N2/c1-11-18(10-26)25-20-17(23-11)9-16(12-4-6-27-7-5-12)24-19(20)14-3-2-13(21)8-15(14)22;1-4-7-8(5-1)6-2-3-6/h2-3,8-9,12,26H,4-7,10H2,1H3;1,4-6H,2-3H2. The number of hydrogen-bond acceptors (Lipinski definition) is 6. The lowest BCUT2D eigenvalue weighted by Gasteiger charge is -2.22. The summed E-state index contributed by atoms with van der Waals surface area (Å²) in [7, 11) is 0. The first-order chi connectivity index (χ1) is 17.0. The molecule has 1 aliphatic heterocycles. The molecule has 0 unspecified atom stereocenters. The topological polar surface area (TPSA) is 86.0 Å². The van der Waals surface area contributed by atoms with Crippen molar-refractivity contribution in [1.82, 2.24) is 24.7 Å². The summed E-state index contributed by atoms with van der Waals surface area (Å²) in [6.07, 6.45) is 8.15. The highest BCUT2D eigenvalue weighted by Gasteiger charge is 2.23. The van der Waals surface area contributed by atoms with Gasteiger partial charge in [-0.3, -0.25) is 4.68 Å². The summed E-state index contributed by atoms with van der Waals surface area (Å²) in [5, 5.41) is 13.6. The summed E-state index contributed by atoms with van der Waals surface area (Å²) < 4.78 is 35.3. The molecule has 4 aromatic rings. The largest absolute Gasteiger partial charge is 0.390 e. The van der Waals surface area contributed by atoms with Gasteiger partial charge in [0.05, 0.1) is 29.6 Å². The van der Waals surface area contributed by atoms with Crippen LogP contribution in [0.5, 0.6) is 0 Å². The Morgan fingerprint density at radius 1 is 1.06 bits per heavy atom. The number of aromatic nitrogens is 5. The molecule has 9 heteroatoms. The van der Waals surface area contributed by atoms with Gasteiger partial charge in [0.1, 0.15) is 22.8 Å². The number of rotatable bonds is 4. The van der Waals surface area contributed by atoms with Crippen molar-refractivity contribution in [3.8, 4) is 11.3 Å². The zero-order valence-corrected chi connectivity index (χ0v) is 19.5. The molecule has 0 spiro atoms. The molecule has 1 saturated carbocycles. The van der Waals surface area contributed by atoms with Crippen molar-refractivity contribution >= 4 is 11.0 Å². The molecule has 4 heterocycles.